The number of amides is 1. The highest BCUT2D eigenvalue weighted by Crippen LogP contribution is 2.29. The number of carbonyl (C=O) groups is 1. The first-order chi connectivity index (χ1) is 11.3. The summed E-state index contributed by atoms with van der Waals surface area (Å²) in [4.78, 5) is 24.3. The molecule has 23 heavy (non-hydrogen) atoms. The summed E-state index contributed by atoms with van der Waals surface area (Å²) in [7, 11) is 0. The Bertz CT molecular complexity index is 659. The van der Waals surface area contributed by atoms with Gasteiger partial charge in [-0.25, -0.2) is 9.97 Å². The van der Waals surface area contributed by atoms with E-state index >= 15 is 0 Å². The third-order valence-electron chi connectivity index (χ3n) is 4.26. The Morgan fingerprint density at radius 2 is 2.35 bits per heavy atom. The Morgan fingerprint density at radius 3 is 3.22 bits per heavy atom. The molecular formula is C16H23N5OS. The number of nitrogens with one attached hydrogen (secondary N) is 1. The number of piperidine rings is 1. The summed E-state index contributed by atoms with van der Waals surface area (Å²) < 4.78 is 0. The van der Waals surface area contributed by atoms with Crippen LogP contribution in [0, 0.1) is 5.92 Å². The van der Waals surface area contributed by atoms with Crippen molar-refractivity contribution >= 4 is 33.3 Å². The Balaban J connectivity index is 1.64. The molecule has 1 amide bonds. The number of aromatic nitrogens is 2. The van der Waals surface area contributed by atoms with E-state index in [-0.39, 0.29) is 11.8 Å². The average molecular weight is 333 g/mol. The molecule has 1 fully saturated rings. The minimum Gasteiger partial charge on any atom is -0.356 e. The van der Waals surface area contributed by atoms with Gasteiger partial charge in [0, 0.05) is 19.6 Å². The predicted octanol–water partition coefficient (Wildman–Crippen LogP) is 1.76. The molecule has 3 rings (SSSR count). The number of rotatable bonds is 6. The van der Waals surface area contributed by atoms with Gasteiger partial charge in [-0.3, -0.25) is 4.79 Å². The lowest BCUT2D eigenvalue weighted by atomic mass is 9.97. The minimum atomic E-state index is 0.0327. The van der Waals surface area contributed by atoms with Gasteiger partial charge in [0.15, 0.2) is 0 Å². The molecule has 2 aromatic rings. The number of nitrogens with two attached hydrogens (primary N) is 1. The van der Waals surface area contributed by atoms with Crippen LogP contribution in [-0.2, 0) is 4.79 Å². The smallest absolute Gasteiger partial charge is 0.224 e. The number of thiophene rings is 1. The van der Waals surface area contributed by atoms with E-state index in [1.165, 1.54) is 0 Å². The zero-order chi connectivity index (χ0) is 16.1. The van der Waals surface area contributed by atoms with Gasteiger partial charge in [-0.2, -0.15) is 0 Å². The molecule has 1 aliphatic heterocycles. The van der Waals surface area contributed by atoms with Gasteiger partial charge in [-0.1, -0.05) is 0 Å². The van der Waals surface area contributed by atoms with Crippen LogP contribution in [0.5, 0.6) is 0 Å². The van der Waals surface area contributed by atoms with Crippen molar-refractivity contribution in [1.82, 2.24) is 15.3 Å². The lowest BCUT2D eigenvalue weighted by Crippen LogP contribution is -2.43. The van der Waals surface area contributed by atoms with Gasteiger partial charge >= 0.3 is 0 Å². The zero-order valence-corrected chi connectivity index (χ0v) is 14.0. The summed E-state index contributed by atoms with van der Waals surface area (Å²) in [5, 5.41) is 6.16. The molecule has 0 saturated carbocycles. The Morgan fingerprint density at radius 1 is 1.43 bits per heavy atom. The summed E-state index contributed by atoms with van der Waals surface area (Å²) in [6.07, 6.45) is 5.46. The molecule has 1 aliphatic rings. The second-order valence-electron chi connectivity index (χ2n) is 5.91. The van der Waals surface area contributed by atoms with Crippen molar-refractivity contribution in [2.24, 2.45) is 11.7 Å². The molecule has 1 unspecified atom stereocenters. The normalized spacial score (nSPS) is 18.3. The fourth-order valence-electron chi connectivity index (χ4n) is 3.04. The van der Waals surface area contributed by atoms with Crippen molar-refractivity contribution in [3.8, 4) is 0 Å². The first-order valence-corrected chi connectivity index (χ1v) is 9.08. The molecule has 3 N–H and O–H groups in total. The lowest BCUT2D eigenvalue weighted by Gasteiger charge is -2.33. The van der Waals surface area contributed by atoms with Gasteiger partial charge in [0.2, 0.25) is 5.91 Å². The van der Waals surface area contributed by atoms with Crippen LogP contribution in [0.25, 0.3) is 10.2 Å². The van der Waals surface area contributed by atoms with E-state index in [4.69, 9.17) is 5.73 Å². The van der Waals surface area contributed by atoms with Crippen LogP contribution in [0.4, 0.5) is 5.82 Å². The Hall–Kier alpha value is -1.73. The largest absolute Gasteiger partial charge is 0.356 e. The highest BCUT2D eigenvalue weighted by atomic mass is 32.1. The first-order valence-electron chi connectivity index (χ1n) is 8.20. The van der Waals surface area contributed by atoms with Crippen LogP contribution in [0.2, 0.25) is 0 Å². The molecule has 0 aliphatic carbocycles. The summed E-state index contributed by atoms with van der Waals surface area (Å²) in [6.45, 7) is 3.07. The Kier molecular flexibility index (Phi) is 5.40. The maximum atomic E-state index is 12.4. The summed E-state index contributed by atoms with van der Waals surface area (Å²) in [6, 6.07) is 2.06. The van der Waals surface area contributed by atoms with Crippen LogP contribution in [0.15, 0.2) is 17.8 Å². The quantitative estimate of drug-likeness (QED) is 0.787. The van der Waals surface area contributed by atoms with E-state index in [2.05, 4.69) is 26.3 Å². The van der Waals surface area contributed by atoms with Crippen molar-refractivity contribution in [2.45, 2.75) is 25.7 Å². The van der Waals surface area contributed by atoms with Gasteiger partial charge in [0.05, 0.1) is 11.3 Å². The van der Waals surface area contributed by atoms with E-state index in [0.29, 0.717) is 6.54 Å². The molecule has 0 spiro atoms. The molecule has 0 aromatic carbocycles. The summed E-state index contributed by atoms with van der Waals surface area (Å²) in [5.74, 6) is 1.14. The number of nitrogens with zero attached hydrogens (tertiary/aromatic N) is 3. The number of hydrogen-bond donors (Lipinski definition) is 2. The standard InChI is InChI=1S/C16H23N5OS/c17-6-1-2-7-18-15(22)12-4-3-8-21(10-12)14-13-5-9-23-16(13)20-11-19-14/h5,9,11-12H,1-4,6-8,10,17H2,(H,18,22). The van der Waals surface area contributed by atoms with Crippen LogP contribution in [0.1, 0.15) is 25.7 Å². The first kappa shape index (κ1) is 16.1. The molecule has 6 nitrogen and oxygen atoms in total. The van der Waals surface area contributed by atoms with Crippen LogP contribution in [0.3, 0.4) is 0 Å². The SMILES string of the molecule is NCCCCNC(=O)C1CCCN(c2ncnc3sccc23)C1. The van der Waals surface area contributed by atoms with Gasteiger partial charge in [0.1, 0.15) is 17.0 Å². The van der Waals surface area contributed by atoms with Crippen LogP contribution < -0.4 is 16.0 Å². The maximum Gasteiger partial charge on any atom is 0.224 e. The van der Waals surface area contributed by atoms with E-state index in [9.17, 15) is 4.79 Å². The number of fused-ring (bicyclic) bond motifs is 1. The Labute approximate surface area is 140 Å². The molecule has 2 aromatic heterocycles. The van der Waals surface area contributed by atoms with Crippen LogP contribution >= 0.6 is 11.3 Å². The van der Waals surface area contributed by atoms with Gasteiger partial charge in [0.25, 0.3) is 0 Å². The van der Waals surface area contributed by atoms with Gasteiger partial charge in [-0.05, 0) is 43.7 Å². The van der Waals surface area contributed by atoms with Crippen molar-refractivity contribution in [3.63, 3.8) is 0 Å². The molecule has 0 radical (unpaired) electrons. The maximum absolute atomic E-state index is 12.4. The van der Waals surface area contributed by atoms with E-state index in [1.54, 1.807) is 17.7 Å². The second kappa shape index (κ2) is 7.70. The third kappa shape index (κ3) is 3.79. The van der Waals surface area contributed by atoms with E-state index in [0.717, 1.165) is 61.4 Å². The van der Waals surface area contributed by atoms with Crippen molar-refractivity contribution in [1.29, 1.82) is 0 Å². The number of hydrogen-bond acceptors (Lipinski definition) is 6. The number of carbonyl (C=O) groups excluding carboxylic acids is 1. The number of unbranched alkanes of at least 4 members (excludes halogenated alkanes) is 1. The van der Waals surface area contributed by atoms with Crippen LogP contribution in [-0.4, -0.2) is 42.1 Å². The summed E-state index contributed by atoms with van der Waals surface area (Å²) in [5.41, 5.74) is 5.48. The lowest BCUT2D eigenvalue weighted by molar-refractivity contribution is -0.125. The highest BCUT2D eigenvalue weighted by Gasteiger charge is 2.27. The zero-order valence-electron chi connectivity index (χ0n) is 13.2. The molecule has 1 atom stereocenters. The number of anilines is 1. The topological polar surface area (TPSA) is 84.1 Å². The fourth-order valence-corrected chi connectivity index (χ4v) is 3.77. The third-order valence-corrected chi connectivity index (χ3v) is 5.08. The molecule has 124 valence electrons. The highest BCUT2D eigenvalue weighted by molar-refractivity contribution is 7.16. The van der Waals surface area contributed by atoms with E-state index < -0.39 is 0 Å². The average Bonchev–Trinajstić information content (AvgIpc) is 3.07. The summed E-state index contributed by atoms with van der Waals surface area (Å²) >= 11 is 1.62. The van der Waals surface area contributed by atoms with Crippen molar-refractivity contribution in [3.05, 3.63) is 17.8 Å². The molecule has 7 heteroatoms. The monoisotopic (exact) mass is 333 g/mol. The van der Waals surface area contributed by atoms with Gasteiger partial charge < -0.3 is 16.0 Å². The molecule has 0 bridgehead atoms. The molecule has 3 heterocycles. The fraction of sp³-hybridized carbons (Fsp3) is 0.562. The molecular weight excluding hydrogens is 310 g/mol. The van der Waals surface area contributed by atoms with Crippen molar-refractivity contribution in [2.75, 3.05) is 31.1 Å². The van der Waals surface area contributed by atoms with E-state index in [1.807, 2.05) is 5.38 Å². The minimum absolute atomic E-state index is 0.0327. The predicted molar refractivity (Wildman–Crippen MR) is 93.7 cm³/mol. The second-order valence-corrected chi connectivity index (χ2v) is 6.80. The van der Waals surface area contributed by atoms with Crippen molar-refractivity contribution < 1.29 is 4.79 Å². The molecule has 1 saturated heterocycles. The van der Waals surface area contributed by atoms with Gasteiger partial charge in [-0.15, -0.1) is 11.3 Å².